The number of piperazine rings is 1. The minimum atomic E-state index is -0.427. The van der Waals surface area contributed by atoms with Crippen LogP contribution in [-0.2, 0) is 0 Å². The molecule has 0 radical (unpaired) electrons. The monoisotopic (exact) mass is 237 g/mol. The van der Waals surface area contributed by atoms with Crippen LogP contribution >= 0.6 is 0 Å². The Morgan fingerprint density at radius 2 is 2.06 bits per heavy atom. The number of benzene rings is 1. The summed E-state index contributed by atoms with van der Waals surface area (Å²) in [6, 6.07) is 2.80. The minimum absolute atomic E-state index is 0.155. The lowest BCUT2D eigenvalue weighted by Gasteiger charge is -2.27. The van der Waals surface area contributed by atoms with E-state index in [1.165, 1.54) is 6.07 Å². The van der Waals surface area contributed by atoms with Crippen molar-refractivity contribution in [3.63, 3.8) is 0 Å². The Morgan fingerprint density at radius 1 is 1.41 bits per heavy atom. The van der Waals surface area contributed by atoms with Crippen LogP contribution in [0.15, 0.2) is 12.1 Å². The van der Waals surface area contributed by atoms with Gasteiger partial charge in [-0.2, -0.15) is 0 Å². The first-order valence-corrected chi connectivity index (χ1v) is 5.65. The third-order valence-electron chi connectivity index (χ3n) is 3.04. The average Bonchev–Trinajstić information content (AvgIpc) is 2.35. The predicted octanol–water partition coefficient (Wildman–Crippen LogP) is 0.762. The van der Waals surface area contributed by atoms with Crippen molar-refractivity contribution in [2.24, 2.45) is 0 Å². The Labute approximate surface area is 99.6 Å². The smallest absolute Gasteiger partial charge is 0.254 e. The standard InChI is InChI=1S/C12H16FN3O/c1-8-10(13)6-9(7-11(8)14)12(17)16-4-2-15-3-5-16/h6-7,15H,2-5,14H2,1H3. The van der Waals surface area contributed by atoms with E-state index < -0.39 is 5.82 Å². The van der Waals surface area contributed by atoms with Crippen LogP contribution < -0.4 is 11.1 Å². The van der Waals surface area contributed by atoms with Gasteiger partial charge in [0.2, 0.25) is 0 Å². The zero-order chi connectivity index (χ0) is 12.4. The molecule has 1 aromatic rings. The van der Waals surface area contributed by atoms with Gasteiger partial charge >= 0.3 is 0 Å². The fourth-order valence-electron chi connectivity index (χ4n) is 1.87. The van der Waals surface area contributed by atoms with Crippen LogP contribution in [0.5, 0.6) is 0 Å². The molecule has 1 aliphatic heterocycles. The molecule has 0 spiro atoms. The Bertz CT molecular complexity index is 418. The molecule has 1 fully saturated rings. The summed E-state index contributed by atoms with van der Waals surface area (Å²) in [4.78, 5) is 13.8. The first-order chi connectivity index (χ1) is 8.09. The molecule has 5 heteroatoms. The number of carbonyl (C=O) groups is 1. The Morgan fingerprint density at radius 3 is 2.65 bits per heavy atom. The maximum Gasteiger partial charge on any atom is 0.254 e. The molecule has 0 atom stereocenters. The zero-order valence-corrected chi connectivity index (χ0v) is 9.79. The fourth-order valence-corrected chi connectivity index (χ4v) is 1.87. The molecule has 0 bridgehead atoms. The lowest BCUT2D eigenvalue weighted by atomic mass is 10.1. The van der Waals surface area contributed by atoms with E-state index in [0.29, 0.717) is 29.9 Å². The number of halogens is 1. The molecular formula is C12H16FN3O. The van der Waals surface area contributed by atoms with Crippen LogP contribution in [0.2, 0.25) is 0 Å². The van der Waals surface area contributed by atoms with Gasteiger partial charge in [0.1, 0.15) is 5.82 Å². The van der Waals surface area contributed by atoms with Crippen molar-refractivity contribution in [1.82, 2.24) is 10.2 Å². The normalized spacial score (nSPS) is 16.0. The molecule has 4 nitrogen and oxygen atoms in total. The van der Waals surface area contributed by atoms with Crippen molar-refractivity contribution >= 4 is 11.6 Å². The van der Waals surface area contributed by atoms with Crippen LogP contribution in [0, 0.1) is 12.7 Å². The summed E-state index contributed by atoms with van der Waals surface area (Å²) in [6.45, 7) is 4.44. The number of rotatable bonds is 1. The van der Waals surface area contributed by atoms with Gasteiger partial charge in [0.15, 0.2) is 0 Å². The summed E-state index contributed by atoms with van der Waals surface area (Å²) in [5.74, 6) is -0.583. The number of carbonyl (C=O) groups excluding carboxylic acids is 1. The molecule has 0 aromatic heterocycles. The van der Waals surface area contributed by atoms with Gasteiger partial charge < -0.3 is 16.0 Å². The van der Waals surface area contributed by atoms with Gasteiger partial charge in [-0.25, -0.2) is 4.39 Å². The minimum Gasteiger partial charge on any atom is -0.398 e. The number of nitrogen functional groups attached to an aromatic ring is 1. The van der Waals surface area contributed by atoms with Gasteiger partial charge in [-0.05, 0) is 19.1 Å². The molecule has 3 N–H and O–H groups in total. The van der Waals surface area contributed by atoms with E-state index in [1.54, 1.807) is 17.9 Å². The average molecular weight is 237 g/mol. The summed E-state index contributed by atoms with van der Waals surface area (Å²) in [5.41, 5.74) is 6.71. The molecule has 0 aliphatic carbocycles. The predicted molar refractivity (Wildman–Crippen MR) is 64.3 cm³/mol. The number of anilines is 1. The highest BCUT2D eigenvalue weighted by molar-refractivity contribution is 5.95. The number of nitrogens with zero attached hydrogens (tertiary/aromatic N) is 1. The number of nitrogens with one attached hydrogen (secondary N) is 1. The second kappa shape index (κ2) is 4.71. The third kappa shape index (κ3) is 2.39. The highest BCUT2D eigenvalue weighted by Crippen LogP contribution is 2.18. The molecule has 1 aliphatic rings. The van der Waals surface area contributed by atoms with Gasteiger partial charge in [0, 0.05) is 43.0 Å². The van der Waals surface area contributed by atoms with E-state index >= 15 is 0 Å². The topological polar surface area (TPSA) is 58.4 Å². The number of hydrogen-bond acceptors (Lipinski definition) is 3. The molecule has 17 heavy (non-hydrogen) atoms. The lowest BCUT2D eigenvalue weighted by Crippen LogP contribution is -2.46. The van der Waals surface area contributed by atoms with E-state index in [-0.39, 0.29) is 5.91 Å². The van der Waals surface area contributed by atoms with Crippen molar-refractivity contribution in [3.05, 3.63) is 29.1 Å². The summed E-state index contributed by atoms with van der Waals surface area (Å²) in [5, 5.41) is 3.16. The fraction of sp³-hybridized carbons (Fsp3) is 0.417. The Hall–Kier alpha value is -1.62. The van der Waals surface area contributed by atoms with Gasteiger partial charge in [0.05, 0.1) is 0 Å². The summed E-state index contributed by atoms with van der Waals surface area (Å²) in [6.07, 6.45) is 0. The van der Waals surface area contributed by atoms with E-state index in [9.17, 15) is 9.18 Å². The molecule has 1 aromatic carbocycles. The summed E-state index contributed by atoms with van der Waals surface area (Å²) in [7, 11) is 0. The molecule has 0 unspecified atom stereocenters. The highest BCUT2D eigenvalue weighted by Gasteiger charge is 2.19. The van der Waals surface area contributed by atoms with Crippen molar-refractivity contribution in [2.75, 3.05) is 31.9 Å². The van der Waals surface area contributed by atoms with Gasteiger partial charge in [0.25, 0.3) is 5.91 Å². The first-order valence-electron chi connectivity index (χ1n) is 5.65. The van der Waals surface area contributed by atoms with Crippen LogP contribution in [0.4, 0.5) is 10.1 Å². The third-order valence-corrected chi connectivity index (χ3v) is 3.04. The van der Waals surface area contributed by atoms with Crippen LogP contribution in [0.1, 0.15) is 15.9 Å². The molecular weight excluding hydrogens is 221 g/mol. The van der Waals surface area contributed by atoms with Crippen LogP contribution in [0.3, 0.4) is 0 Å². The number of hydrogen-bond donors (Lipinski definition) is 2. The Kier molecular flexibility index (Phi) is 3.28. The summed E-state index contributed by atoms with van der Waals surface area (Å²) >= 11 is 0. The maximum absolute atomic E-state index is 13.5. The second-order valence-corrected chi connectivity index (χ2v) is 4.21. The van der Waals surface area contributed by atoms with Crippen LogP contribution in [-0.4, -0.2) is 37.0 Å². The lowest BCUT2D eigenvalue weighted by molar-refractivity contribution is 0.0735. The molecule has 2 rings (SSSR count). The number of nitrogens with two attached hydrogens (primary N) is 1. The largest absolute Gasteiger partial charge is 0.398 e. The van der Waals surface area contributed by atoms with Crippen molar-refractivity contribution in [1.29, 1.82) is 0 Å². The van der Waals surface area contributed by atoms with E-state index in [0.717, 1.165) is 13.1 Å². The molecule has 1 heterocycles. The van der Waals surface area contributed by atoms with Crippen molar-refractivity contribution in [3.8, 4) is 0 Å². The van der Waals surface area contributed by atoms with Crippen molar-refractivity contribution in [2.45, 2.75) is 6.92 Å². The maximum atomic E-state index is 13.5. The van der Waals surface area contributed by atoms with Crippen molar-refractivity contribution < 1.29 is 9.18 Å². The highest BCUT2D eigenvalue weighted by atomic mass is 19.1. The van der Waals surface area contributed by atoms with Gasteiger partial charge in [-0.3, -0.25) is 4.79 Å². The SMILES string of the molecule is Cc1c(N)cc(C(=O)N2CCNCC2)cc1F. The second-order valence-electron chi connectivity index (χ2n) is 4.21. The molecule has 1 saturated heterocycles. The molecule has 0 saturated carbocycles. The first kappa shape index (κ1) is 11.9. The van der Waals surface area contributed by atoms with Crippen LogP contribution in [0.25, 0.3) is 0 Å². The molecule has 1 amide bonds. The van der Waals surface area contributed by atoms with Gasteiger partial charge in [-0.15, -0.1) is 0 Å². The zero-order valence-electron chi connectivity index (χ0n) is 9.79. The van der Waals surface area contributed by atoms with Gasteiger partial charge in [-0.1, -0.05) is 0 Å². The van der Waals surface area contributed by atoms with E-state index in [4.69, 9.17) is 5.73 Å². The molecule has 92 valence electrons. The summed E-state index contributed by atoms with van der Waals surface area (Å²) < 4.78 is 13.5. The van der Waals surface area contributed by atoms with E-state index in [1.807, 2.05) is 0 Å². The Balaban J connectivity index is 2.24. The quantitative estimate of drug-likeness (QED) is 0.709. The van der Waals surface area contributed by atoms with E-state index in [2.05, 4.69) is 5.32 Å². The number of amides is 1.